The number of H-pyrrole nitrogens is 1. The van der Waals surface area contributed by atoms with Gasteiger partial charge in [0.25, 0.3) is 5.91 Å². The molecule has 0 aliphatic heterocycles. The van der Waals surface area contributed by atoms with Gasteiger partial charge in [-0.15, -0.1) is 0 Å². The Balaban J connectivity index is 1.38. The van der Waals surface area contributed by atoms with Crippen molar-refractivity contribution in [3.8, 4) is 5.75 Å². The monoisotopic (exact) mass is 364 g/mol. The van der Waals surface area contributed by atoms with E-state index >= 15 is 0 Å². The van der Waals surface area contributed by atoms with Crippen molar-refractivity contribution < 1.29 is 9.53 Å². The minimum Gasteiger partial charge on any atom is -0.484 e. The number of fused-ring (bicyclic) bond motifs is 3. The summed E-state index contributed by atoms with van der Waals surface area (Å²) in [7, 11) is 0. The molecule has 1 aromatic heterocycles. The van der Waals surface area contributed by atoms with Crippen LogP contribution in [0.25, 0.3) is 21.8 Å². The number of carbonyl (C=O) groups is 1. The highest BCUT2D eigenvalue weighted by Gasteiger charge is 2.07. The molecule has 5 heteroatoms. The van der Waals surface area contributed by atoms with Crippen LogP contribution in [0.5, 0.6) is 5.75 Å². The lowest BCUT2D eigenvalue weighted by Gasteiger charge is -2.08. The van der Waals surface area contributed by atoms with Gasteiger partial charge in [-0.2, -0.15) is 0 Å². The zero-order valence-corrected chi connectivity index (χ0v) is 14.7. The van der Waals surface area contributed by atoms with E-state index in [1.807, 2.05) is 48.5 Å². The van der Waals surface area contributed by atoms with Gasteiger partial charge in [-0.05, 0) is 35.9 Å². The van der Waals surface area contributed by atoms with Crippen molar-refractivity contribution in [3.05, 3.63) is 77.3 Å². The molecule has 0 atom stereocenters. The fourth-order valence-corrected chi connectivity index (χ4v) is 3.05. The standard InChI is InChI=1S/C21H17ClN2O2/c22-15-7-5-14(6-8-15)12-23-21(25)13-26-16-9-10-18-17-3-1-2-4-19(17)24-20(18)11-16/h1-11,24H,12-13H2,(H,23,25). The summed E-state index contributed by atoms with van der Waals surface area (Å²) >= 11 is 5.85. The normalized spacial score (nSPS) is 11.0. The largest absolute Gasteiger partial charge is 0.484 e. The first-order valence-electron chi connectivity index (χ1n) is 8.33. The Bertz CT molecular complexity index is 1070. The zero-order chi connectivity index (χ0) is 17.9. The lowest BCUT2D eigenvalue weighted by Crippen LogP contribution is -2.28. The summed E-state index contributed by atoms with van der Waals surface area (Å²) in [5.41, 5.74) is 3.06. The number of hydrogen-bond acceptors (Lipinski definition) is 2. The van der Waals surface area contributed by atoms with Crippen LogP contribution in [0.4, 0.5) is 0 Å². The SMILES string of the molecule is O=C(COc1ccc2c(c1)[nH]c1ccccc12)NCc1ccc(Cl)cc1. The van der Waals surface area contributed by atoms with Crippen LogP contribution in [-0.2, 0) is 11.3 Å². The third-order valence-corrected chi connectivity index (χ3v) is 4.50. The number of halogens is 1. The molecule has 4 aromatic rings. The Morgan fingerprint density at radius 2 is 1.73 bits per heavy atom. The predicted octanol–water partition coefficient (Wildman–Crippen LogP) is 4.67. The van der Waals surface area contributed by atoms with Gasteiger partial charge < -0.3 is 15.0 Å². The van der Waals surface area contributed by atoms with Gasteiger partial charge in [0.15, 0.2) is 6.61 Å². The summed E-state index contributed by atoms with van der Waals surface area (Å²) < 4.78 is 5.63. The molecule has 0 fully saturated rings. The number of nitrogens with one attached hydrogen (secondary N) is 2. The van der Waals surface area contributed by atoms with E-state index in [0.717, 1.165) is 22.0 Å². The molecule has 0 unspecified atom stereocenters. The van der Waals surface area contributed by atoms with Gasteiger partial charge in [0, 0.05) is 33.9 Å². The van der Waals surface area contributed by atoms with Gasteiger partial charge in [-0.3, -0.25) is 4.79 Å². The number of amides is 1. The van der Waals surface area contributed by atoms with E-state index in [0.29, 0.717) is 17.3 Å². The zero-order valence-electron chi connectivity index (χ0n) is 14.0. The summed E-state index contributed by atoms with van der Waals surface area (Å²) in [5, 5.41) is 5.82. The van der Waals surface area contributed by atoms with E-state index in [4.69, 9.17) is 16.3 Å². The number of aromatic nitrogens is 1. The topological polar surface area (TPSA) is 54.1 Å². The van der Waals surface area contributed by atoms with E-state index in [1.165, 1.54) is 5.39 Å². The Labute approximate surface area is 155 Å². The highest BCUT2D eigenvalue weighted by atomic mass is 35.5. The lowest BCUT2D eigenvalue weighted by molar-refractivity contribution is -0.123. The third-order valence-electron chi connectivity index (χ3n) is 4.25. The predicted molar refractivity (Wildman–Crippen MR) is 105 cm³/mol. The molecule has 130 valence electrons. The van der Waals surface area contributed by atoms with Crippen molar-refractivity contribution in [1.29, 1.82) is 0 Å². The van der Waals surface area contributed by atoms with E-state index < -0.39 is 0 Å². The van der Waals surface area contributed by atoms with Crippen LogP contribution in [0, 0.1) is 0 Å². The molecule has 3 aromatic carbocycles. The van der Waals surface area contributed by atoms with Crippen molar-refractivity contribution in [2.75, 3.05) is 6.61 Å². The Morgan fingerprint density at radius 1 is 0.962 bits per heavy atom. The van der Waals surface area contributed by atoms with Crippen molar-refractivity contribution in [3.63, 3.8) is 0 Å². The molecule has 2 N–H and O–H groups in total. The maximum absolute atomic E-state index is 12.0. The summed E-state index contributed by atoms with van der Waals surface area (Å²) in [4.78, 5) is 15.4. The van der Waals surface area contributed by atoms with Gasteiger partial charge in [0.05, 0.1) is 5.52 Å². The maximum atomic E-state index is 12.0. The van der Waals surface area contributed by atoms with Crippen LogP contribution in [0.15, 0.2) is 66.7 Å². The Morgan fingerprint density at radius 3 is 2.58 bits per heavy atom. The first-order chi connectivity index (χ1) is 12.7. The number of hydrogen-bond donors (Lipinski definition) is 2. The first kappa shape index (κ1) is 16.5. The molecular formula is C21H17ClN2O2. The van der Waals surface area contributed by atoms with Crippen LogP contribution in [0.2, 0.25) is 5.02 Å². The van der Waals surface area contributed by atoms with Crippen molar-refractivity contribution in [2.24, 2.45) is 0 Å². The van der Waals surface area contributed by atoms with Gasteiger partial charge >= 0.3 is 0 Å². The van der Waals surface area contributed by atoms with Crippen molar-refractivity contribution in [2.45, 2.75) is 6.54 Å². The Hall–Kier alpha value is -2.98. The van der Waals surface area contributed by atoms with Crippen molar-refractivity contribution in [1.82, 2.24) is 10.3 Å². The van der Waals surface area contributed by atoms with Gasteiger partial charge in [-0.1, -0.05) is 41.9 Å². The quantitative estimate of drug-likeness (QED) is 0.540. The molecular weight excluding hydrogens is 348 g/mol. The van der Waals surface area contributed by atoms with Crippen molar-refractivity contribution >= 4 is 39.3 Å². The van der Waals surface area contributed by atoms with Gasteiger partial charge in [0.1, 0.15) is 5.75 Å². The third kappa shape index (κ3) is 3.51. The Kier molecular flexibility index (Phi) is 4.50. The van der Waals surface area contributed by atoms with E-state index in [9.17, 15) is 4.79 Å². The van der Waals surface area contributed by atoms with Crippen LogP contribution >= 0.6 is 11.6 Å². The second-order valence-electron chi connectivity index (χ2n) is 6.07. The van der Waals surface area contributed by atoms with Crippen LogP contribution in [-0.4, -0.2) is 17.5 Å². The van der Waals surface area contributed by atoms with Crippen LogP contribution in [0.1, 0.15) is 5.56 Å². The summed E-state index contributed by atoms with van der Waals surface area (Å²) in [6.07, 6.45) is 0. The molecule has 26 heavy (non-hydrogen) atoms. The average Bonchev–Trinajstić information content (AvgIpc) is 3.03. The molecule has 0 saturated heterocycles. The van der Waals surface area contributed by atoms with E-state index in [2.05, 4.69) is 16.4 Å². The van der Waals surface area contributed by atoms with Gasteiger partial charge in [0.2, 0.25) is 0 Å². The average molecular weight is 365 g/mol. The number of benzene rings is 3. The molecule has 0 aliphatic rings. The highest BCUT2D eigenvalue weighted by Crippen LogP contribution is 2.28. The summed E-state index contributed by atoms with van der Waals surface area (Å²) in [5.74, 6) is 0.488. The minimum absolute atomic E-state index is 0.0284. The van der Waals surface area contributed by atoms with Crippen LogP contribution in [0.3, 0.4) is 0 Å². The summed E-state index contributed by atoms with van der Waals surface area (Å²) in [6, 6.07) is 21.3. The molecule has 0 saturated carbocycles. The molecule has 0 spiro atoms. The van der Waals surface area contributed by atoms with E-state index in [1.54, 1.807) is 12.1 Å². The molecule has 0 aliphatic carbocycles. The number of para-hydroxylation sites is 1. The molecule has 1 heterocycles. The number of carbonyl (C=O) groups excluding carboxylic acids is 1. The smallest absolute Gasteiger partial charge is 0.258 e. The summed E-state index contributed by atoms with van der Waals surface area (Å²) in [6.45, 7) is 0.416. The lowest BCUT2D eigenvalue weighted by atomic mass is 10.1. The fourth-order valence-electron chi connectivity index (χ4n) is 2.93. The number of ether oxygens (including phenoxy) is 1. The second-order valence-corrected chi connectivity index (χ2v) is 6.51. The minimum atomic E-state index is -0.170. The second kappa shape index (κ2) is 7.10. The van der Waals surface area contributed by atoms with Crippen LogP contribution < -0.4 is 10.1 Å². The first-order valence-corrected chi connectivity index (χ1v) is 8.71. The van der Waals surface area contributed by atoms with Gasteiger partial charge in [-0.25, -0.2) is 0 Å². The molecule has 0 radical (unpaired) electrons. The molecule has 4 rings (SSSR count). The molecule has 4 nitrogen and oxygen atoms in total. The van der Waals surface area contributed by atoms with E-state index in [-0.39, 0.29) is 12.5 Å². The maximum Gasteiger partial charge on any atom is 0.258 e. The molecule has 1 amide bonds. The fraction of sp³-hybridized carbons (Fsp3) is 0.0952. The number of aromatic amines is 1. The highest BCUT2D eigenvalue weighted by molar-refractivity contribution is 6.30. The molecule has 0 bridgehead atoms. The number of rotatable bonds is 5.